The molecule has 0 aliphatic heterocycles. The summed E-state index contributed by atoms with van der Waals surface area (Å²) in [7, 11) is 0. The summed E-state index contributed by atoms with van der Waals surface area (Å²) in [5.74, 6) is 1.63. The monoisotopic (exact) mass is 504 g/mol. The minimum absolute atomic E-state index is 0. The van der Waals surface area contributed by atoms with Crippen molar-refractivity contribution in [3.8, 4) is 0 Å². The van der Waals surface area contributed by atoms with Gasteiger partial charge in [-0.05, 0) is 76.0 Å². The average molecular weight is 507 g/mol. The third-order valence-corrected chi connectivity index (χ3v) is 5.41. The van der Waals surface area contributed by atoms with E-state index in [1.165, 1.54) is 0 Å². The maximum Gasteiger partial charge on any atom is 2.00 e. The number of aryl methyl sites for hydroxylation is 2. The SMILES string of the molecule is Cc1cccc(CN(c2ccccn2)c2nc(C)cc(Br)c2Br)n1.[Ni+2]. The van der Waals surface area contributed by atoms with Crippen molar-refractivity contribution in [2.24, 2.45) is 0 Å². The molecule has 0 radical (unpaired) electrons. The van der Waals surface area contributed by atoms with Gasteiger partial charge < -0.3 is 4.90 Å². The molecule has 0 atom stereocenters. The van der Waals surface area contributed by atoms with E-state index in [1.807, 2.05) is 56.3 Å². The fraction of sp³-hybridized carbons (Fsp3) is 0.167. The van der Waals surface area contributed by atoms with Crippen LogP contribution in [0.3, 0.4) is 0 Å². The van der Waals surface area contributed by atoms with Crippen LogP contribution < -0.4 is 4.90 Å². The topological polar surface area (TPSA) is 41.9 Å². The molecule has 3 heterocycles. The van der Waals surface area contributed by atoms with Crippen LogP contribution in [0, 0.1) is 13.8 Å². The first-order valence-electron chi connectivity index (χ1n) is 7.48. The molecule has 0 saturated heterocycles. The van der Waals surface area contributed by atoms with Crippen LogP contribution in [0.25, 0.3) is 0 Å². The van der Waals surface area contributed by atoms with Crippen LogP contribution >= 0.6 is 31.9 Å². The van der Waals surface area contributed by atoms with Crippen molar-refractivity contribution in [1.29, 1.82) is 0 Å². The van der Waals surface area contributed by atoms with Gasteiger partial charge in [0.05, 0.1) is 16.7 Å². The Hall–Kier alpha value is -1.30. The van der Waals surface area contributed by atoms with E-state index in [2.05, 4.69) is 46.7 Å². The van der Waals surface area contributed by atoms with Crippen LogP contribution in [0.4, 0.5) is 11.6 Å². The van der Waals surface area contributed by atoms with Crippen LogP contribution in [-0.2, 0) is 23.0 Å². The zero-order valence-corrected chi connectivity index (χ0v) is 17.8. The van der Waals surface area contributed by atoms with E-state index in [0.29, 0.717) is 6.54 Å². The molecule has 0 saturated carbocycles. The fourth-order valence-electron chi connectivity index (χ4n) is 2.41. The second kappa shape index (κ2) is 8.88. The molecule has 0 N–H and O–H groups in total. The number of anilines is 2. The Morgan fingerprint density at radius 2 is 1.76 bits per heavy atom. The van der Waals surface area contributed by atoms with Crippen molar-refractivity contribution in [3.63, 3.8) is 0 Å². The van der Waals surface area contributed by atoms with Gasteiger partial charge in [0, 0.05) is 22.1 Å². The summed E-state index contributed by atoms with van der Waals surface area (Å²) < 4.78 is 1.86. The van der Waals surface area contributed by atoms with Gasteiger partial charge in [-0.15, -0.1) is 0 Å². The van der Waals surface area contributed by atoms with E-state index in [0.717, 1.165) is 37.7 Å². The molecule has 3 rings (SSSR count). The van der Waals surface area contributed by atoms with E-state index in [4.69, 9.17) is 4.98 Å². The average Bonchev–Trinajstić information content (AvgIpc) is 2.57. The summed E-state index contributed by atoms with van der Waals surface area (Å²) in [6, 6.07) is 13.9. The van der Waals surface area contributed by atoms with Gasteiger partial charge in [0.2, 0.25) is 0 Å². The summed E-state index contributed by atoms with van der Waals surface area (Å²) in [4.78, 5) is 15.9. The maximum atomic E-state index is 4.71. The first kappa shape index (κ1) is 20.0. The molecule has 4 nitrogen and oxygen atoms in total. The number of pyridine rings is 3. The molecule has 3 aromatic heterocycles. The molecule has 0 amide bonds. The van der Waals surface area contributed by atoms with Crippen LogP contribution in [0.5, 0.6) is 0 Å². The number of rotatable bonds is 4. The molecule has 0 aliphatic carbocycles. The molecule has 25 heavy (non-hydrogen) atoms. The minimum atomic E-state index is 0. The quantitative estimate of drug-likeness (QED) is 0.447. The van der Waals surface area contributed by atoms with Gasteiger partial charge in [-0.25, -0.2) is 9.97 Å². The standard InChI is InChI=1S/C18H16Br2N4.Ni/c1-12-6-5-7-14(22-12)11-24(16-8-3-4-9-21-16)18-17(20)15(19)10-13(2)23-18;/h3-10H,11H2,1-2H3;/q;+2. The largest absolute Gasteiger partial charge is 2.00 e. The van der Waals surface area contributed by atoms with Crippen molar-refractivity contribution in [2.75, 3.05) is 4.90 Å². The normalized spacial score (nSPS) is 10.2. The van der Waals surface area contributed by atoms with Crippen molar-refractivity contribution in [2.45, 2.75) is 20.4 Å². The number of aromatic nitrogens is 3. The zero-order valence-electron chi connectivity index (χ0n) is 13.7. The van der Waals surface area contributed by atoms with Gasteiger partial charge >= 0.3 is 16.5 Å². The summed E-state index contributed by atoms with van der Waals surface area (Å²) in [6.45, 7) is 4.55. The van der Waals surface area contributed by atoms with Crippen LogP contribution in [-0.4, -0.2) is 15.0 Å². The summed E-state index contributed by atoms with van der Waals surface area (Å²) in [5, 5.41) is 0. The van der Waals surface area contributed by atoms with E-state index < -0.39 is 0 Å². The van der Waals surface area contributed by atoms with E-state index in [1.54, 1.807) is 6.20 Å². The Bertz CT molecular complexity index is 859. The van der Waals surface area contributed by atoms with Gasteiger partial charge in [0.15, 0.2) is 0 Å². The molecule has 7 heteroatoms. The Morgan fingerprint density at radius 1 is 0.960 bits per heavy atom. The molecule has 0 aromatic carbocycles. The minimum Gasteiger partial charge on any atom is -0.304 e. The van der Waals surface area contributed by atoms with Crippen molar-refractivity contribution in [3.05, 3.63) is 74.7 Å². The molecule has 0 unspecified atom stereocenters. The molecule has 0 aliphatic rings. The molecular weight excluding hydrogens is 491 g/mol. The fourth-order valence-corrected chi connectivity index (χ4v) is 3.33. The van der Waals surface area contributed by atoms with Crippen molar-refractivity contribution >= 4 is 43.5 Å². The number of hydrogen-bond donors (Lipinski definition) is 0. The predicted octanol–water partition coefficient (Wildman–Crippen LogP) is 5.35. The molecular formula is C18H16Br2N4Ni+2. The van der Waals surface area contributed by atoms with Gasteiger partial charge in [0.25, 0.3) is 0 Å². The first-order chi connectivity index (χ1) is 11.5. The summed E-state index contributed by atoms with van der Waals surface area (Å²) in [5.41, 5.74) is 2.89. The zero-order chi connectivity index (χ0) is 17.1. The summed E-state index contributed by atoms with van der Waals surface area (Å²) in [6.07, 6.45) is 1.78. The van der Waals surface area contributed by atoms with Gasteiger partial charge in [0.1, 0.15) is 11.6 Å². The van der Waals surface area contributed by atoms with Crippen LogP contribution in [0.15, 0.2) is 57.6 Å². The Labute approximate surface area is 174 Å². The van der Waals surface area contributed by atoms with Gasteiger partial charge in [-0.2, -0.15) is 0 Å². The molecule has 130 valence electrons. The number of halogens is 2. The van der Waals surface area contributed by atoms with Crippen LogP contribution in [0.2, 0.25) is 0 Å². The molecule has 0 fully saturated rings. The smallest absolute Gasteiger partial charge is 0.304 e. The second-order valence-electron chi connectivity index (χ2n) is 5.43. The third kappa shape index (κ3) is 4.87. The van der Waals surface area contributed by atoms with E-state index >= 15 is 0 Å². The Balaban J connectivity index is 0.00000225. The summed E-state index contributed by atoms with van der Waals surface area (Å²) >= 11 is 7.23. The van der Waals surface area contributed by atoms with Crippen molar-refractivity contribution in [1.82, 2.24) is 15.0 Å². The Morgan fingerprint density at radius 3 is 2.44 bits per heavy atom. The van der Waals surface area contributed by atoms with Crippen LogP contribution in [0.1, 0.15) is 17.1 Å². The van der Waals surface area contributed by atoms with E-state index in [-0.39, 0.29) is 16.5 Å². The van der Waals surface area contributed by atoms with E-state index in [9.17, 15) is 0 Å². The van der Waals surface area contributed by atoms with Gasteiger partial charge in [-0.3, -0.25) is 4.98 Å². The number of hydrogen-bond acceptors (Lipinski definition) is 4. The second-order valence-corrected chi connectivity index (χ2v) is 7.07. The maximum absolute atomic E-state index is 4.71. The van der Waals surface area contributed by atoms with Gasteiger partial charge in [-0.1, -0.05) is 12.1 Å². The Kier molecular flexibility index (Phi) is 7.11. The van der Waals surface area contributed by atoms with Crippen molar-refractivity contribution < 1.29 is 16.5 Å². The molecule has 0 spiro atoms. The third-order valence-electron chi connectivity index (χ3n) is 3.47. The molecule has 0 bridgehead atoms. The first-order valence-corrected chi connectivity index (χ1v) is 9.07. The predicted molar refractivity (Wildman–Crippen MR) is 103 cm³/mol. The number of nitrogens with zero attached hydrogens (tertiary/aromatic N) is 4. The molecule has 3 aromatic rings.